The van der Waals surface area contributed by atoms with Gasteiger partial charge in [0.05, 0.1) is 4.88 Å². The lowest BCUT2D eigenvalue weighted by Crippen LogP contribution is -2.24. The summed E-state index contributed by atoms with van der Waals surface area (Å²) in [5.41, 5.74) is 2.08. The molecule has 0 spiro atoms. The van der Waals surface area contributed by atoms with Crippen LogP contribution in [-0.2, 0) is 4.79 Å². The van der Waals surface area contributed by atoms with Gasteiger partial charge in [-0.3, -0.25) is 9.59 Å². The van der Waals surface area contributed by atoms with Crippen molar-refractivity contribution in [3.05, 3.63) is 51.7 Å². The van der Waals surface area contributed by atoms with E-state index >= 15 is 0 Å². The zero-order chi connectivity index (χ0) is 15.9. The van der Waals surface area contributed by atoms with Crippen LogP contribution in [0.3, 0.4) is 0 Å². The molecule has 2 rings (SSSR count). The minimum atomic E-state index is -0.280. The highest BCUT2D eigenvalue weighted by atomic mass is 32.1. The normalized spacial score (nSPS) is 10.3. The zero-order valence-electron chi connectivity index (χ0n) is 12.7. The number of carbonyl (C=O) groups is 2. The van der Waals surface area contributed by atoms with Gasteiger partial charge in [0, 0.05) is 13.0 Å². The van der Waals surface area contributed by atoms with E-state index in [9.17, 15) is 9.59 Å². The van der Waals surface area contributed by atoms with E-state index in [0.29, 0.717) is 23.6 Å². The molecular formula is C17H19NO3S. The van der Waals surface area contributed by atoms with Crippen molar-refractivity contribution in [3.63, 3.8) is 0 Å². The van der Waals surface area contributed by atoms with Crippen LogP contribution in [-0.4, -0.2) is 18.4 Å². The van der Waals surface area contributed by atoms with Crippen molar-refractivity contribution >= 4 is 23.2 Å². The first-order valence-corrected chi connectivity index (χ1v) is 8.04. The molecule has 0 saturated carbocycles. The quantitative estimate of drug-likeness (QED) is 0.504. The molecule has 0 saturated heterocycles. The molecule has 1 aromatic carbocycles. The van der Waals surface area contributed by atoms with Crippen LogP contribution < -0.4 is 10.1 Å². The predicted octanol–water partition coefficient (Wildman–Crippen LogP) is 3.48. The average molecular weight is 317 g/mol. The van der Waals surface area contributed by atoms with Crippen molar-refractivity contribution in [3.8, 4) is 5.75 Å². The molecule has 0 aliphatic heterocycles. The first-order chi connectivity index (χ1) is 10.6. The van der Waals surface area contributed by atoms with E-state index in [1.54, 1.807) is 12.1 Å². The minimum Gasteiger partial charge on any atom is -0.426 e. The maximum absolute atomic E-state index is 11.8. The number of ether oxygens (including phenoxy) is 1. The fourth-order valence-corrected chi connectivity index (χ4v) is 2.66. The SMILES string of the molecule is Cc1ccc(OC(=O)CCCNC(=O)c2cccs2)c(C)c1. The third-order valence-electron chi connectivity index (χ3n) is 3.14. The van der Waals surface area contributed by atoms with E-state index in [4.69, 9.17) is 4.74 Å². The second kappa shape index (κ2) is 7.75. The molecule has 0 aliphatic carbocycles. The number of carbonyl (C=O) groups excluding carboxylic acids is 2. The third kappa shape index (κ3) is 4.70. The van der Waals surface area contributed by atoms with Crippen molar-refractivity contribution in [2.75, 3.05) is 6.54 Å². The highest BCUT2D eigenvalue weighted by molar-refractivity contribution is 7.12. The maximum Gasteiger partial charge on any atom is 0.311 e. The highest BCUT2D eigenvalue weighted by Gasteiger charge is 2.09. The van der Waals surface area contributed by atoms with Gasteiger partial charge >= 0.3 is 5.97 Å². The zero-order valence-corrected chi connectivity index (χ0v) is 13.5. The van der Waals surface area contributed by atoms with Gasteiger partial charge in [-0.2, -0.15) is 0 Å². The van der Waals surface area contributed by atoms with E-state index in [-0.39, 0.29) is 18.3 Å². The predicted molar refractivity (Wildman–Crippen MR) is 87.4 cm³/mol. The summed E-state index contributed by atoms with van der Waals surface area (Å²) >= 11 is 1.40. The molecule has 4 nitrogen and oxygen atoms in total. The summed E-state index contributed by atoms with van der Waals surface area (Å²) in [5, 5.41) is 4.64. The Balaban J connectivity index is 1.71. The van der Waals surface area contributed by atoms with E-state index in [2.05, 4.69) is 5.32 Å². The average Bonchev–Trinajstić information content (AvgIpc) is 3.01. The van der Waals surface area contributed by atoms with Gasteiger partial charge in [-0.25, -0.2) is 0 Å². The number of esters is 1. The number of thiophene rings is 1. The van der Waals surface area contributed by atoms with Gasteiger partial charge in [0.25, 0.3) is 5.91 Å². The van der Waals surface area contributed by atoms with Gasteiger partial charge < -0.3 is 10.1 Å². The third-order valence-corrected chi connectivity index (χ3v) is 4.01. The van der Waals surface area contributed by atoms with Crippen LogP contribution in [0, 0.1) is 13.8 Å². The van der Waals surface area contributed by atoms with Crippen molar-refractivity contribution < 1.29 is 14.3 Å². The van der Waals surface area contributed by atoms with Crippen LogP contribution in [0.2, 0.25) is 0 Å². The van der Waals surface area contributed by atoms with Gasteiger partial charge in [0.15, 0.2) is 0 Å². The Labute approximate surface area is 134 Å². The second-order valence-electron chi connectivity index (χ2n) is 5.08. The van der Waals surface area contributed by atoms with Crippen LogP contribution in [0.25, 0.3) is 0 Å². The number of benzene rings is 1. The largest absolute Gasteiger partial charge is 0.426 e. The lowest BCUT2D eigenvalue weighted by atomic mass is 10.1. The van der Waals surface area contributed by atoms with Crippen molar-refractivity contribution in [1.29, 1.82) is 0 Å². The van der Waals surface area contributed by atoms with Crippen molar-refractivity contribution in [2.24, 2.45) is 0 Å². The molecule has 0 aliphatic rings. The standard InChI is InChI=1S/C17H19NO3S/c1-12-7-8-14(13(2)11-12)21-16(19)6-3-9-18-17(20)15-5-4-10-22-15/h4-5,7-8,10-11H,3,6,9H2,1-2H3,(H,18,20). The summed E-state index contributed by atoms with van der Waals surface area (Å²) in [6.45, 7) is 4.37. The van der Waals surface area contributed by atoms with E-state index < -0.39 is 0 Å². The number of aryl methyl sites for hydroxylation is 2. The van der Waals surface area contributed by atoms with Gasteiger partial charge in [0.2, 0.25) is 0 Å². The molecule has 0 bridgehead atoms. The Morgan fingerprint density at radius 3 is 2.73 bits per heavy atom. The Hall–Kier alpha value is -2.14. The first-order valence-electron chi connectivity index (χ1n) is 7.16. The first kappa shape index (κ1) is 16.2. The van der Waals surface area contributed by atoms with Gasteiger partial charge in [0.1, 0.15) is 5.75 Å². The molecule has 5 heteroatoms. The highest BCUT2D eigenvalue weighted by Crippen LogP contribution is 2.19. The van der Waals surface area contributed by atoms with E-state index in [0.717, 1.165) is 11.1 Å². The topological polar surface area (TPSA) is 55.4 Å². The maximum atomic E-state index is 11.8. The molecule has 0 radical (unpaired) electrons. The molecule has 0 atom stereocenters. The van der Waals surface area contributed by atoms with Gasteiger partial charge in [-0.05, 0) is 43.3 Å². The van der Waals surface area contributed by atoms with Crippen LogP contribution in [0.4, 0.5) is 0 Å². The Morgan fingerprint density at radius 2 is 2.05 bits per heavy atom. The van der Waals surface area contributed by atoms with E-state index in [1.807, 2.05) is 37.4 Å². The molecule has 22 heavy (non-hydrogen) atoms. The number of hydrogen-bond donors (Lipinski definition) is 1. The monoisotopic (exact) mass is 317 g/mol. The Kier molecular flexibility index (Phi) is 5.72. The fourth-order valence-electron chi connectivity index (χ4n) is 2.02. The Bertz CT molecular complexity index is 650. The molecule has 2 aromatic rings. The van der Waals surface area contributed by atoms with Crippen LogP contribution in [0.15, 0.2) is 35.7 Å². The number of amides is 1. The van der Waals surface area contributed by atoms with Crippen LogP contribution >= 0.6 is 11.3 Å². The van der Waals surface area contributed by atoms with Gasteiger partial charge in [-0.15, -0.1) is 11.3 Å². The summed E-state index contributed by atoms with van der Waals surface area (Å²) in [6, 6.07) is 9.30. The lowest BCUT2D eigenvalue weighted by molar-refractivity contribution is -0.134. The van der Waals surface area contributed by atoms with Crippen molar-refractivity contribution in [2.45, 2.75) is 26.7 Å². The summed E-state index contributed by atoms with van der Waals surface area (Å²) in [5.74, 6) is 0.216. The molecule has 0 unspecified atom stereocenters. The fraction of sp³-hybridized carbons (Fsp3) is 0.294. The molecule has 1 heterocycles. The smallest absolute Gasteiger partial charge is 0.311 e. The lowest BCUT2D eigenvalue weighted by Gasteiger charge is -2.08. The van der Waals surface area contributed by atoms with Gasteiger partial charge in [-0.1, -0.05) is 23.8 Å². The molecule has 1 amide bonds. The Morgan fingerprint density at radius 1 is 1.23 bits per heavy atom. The second-order valence-corrected chi connectivity index (χ2v) is 6.03. The number of nitrogens with one attached hydrogen (secondary N) is 1. The summed E-state index contributed by atoms with van der Waals surface area (Å²) in [6.07, 6.45) is 0.832. The molecule has 1 aromatic heterocycles. The molecule has 116 valence electrons. The molecular weight excluding hydrogens is 298 g/mol. The summed E-state index contributed by atoms with van der Waals surface area (Å²) in [4.78, 5) is 24.2. The van der Waals surface area contributed by atoms with Crippen LogP contribution in [0.1, 0.15) is 33.6 Å². The summed E-state index contributed by atoms with van der Waals surface area (Å²) in [7, 11) is 0. The number of hydrogen-bond acceptors (Lipinski definition) is 4. The summed E-state index contributed by atoms with van der Waals surface area (Å²) < 4.78 is 5.33. The van der Waals surface area contributed by atoms with Crippen LogP contribution in [0.5, 0.6) is 5.75 Å². The van der Waals surface area contributed by atoms with Crippen molar-refractivity contribution in [1.82, 2.24) is 5.32 Å². The van der Waals surface area contributed by atoms with E-state index in [1.165, 1.54) is 11.3 Å². The molecule has 0 fully saturated rings. The molecule has 1 N–H and O–H groups in total. The minimum absolute atomic E-state index is 0.0993. The number of rotatable bonds is 6.